The molecule has 2 nitrogen and oxygen atoms in total. The van der Waals surface area contributed by atoms with Gasteiger partial charge in [0.25, 0.3) is 0 Å². The van der Waals surface area contributed by atoms with Crippen LogP contribution in [0.15, 0.2) is 164 Å². The van der Waals surface area contributed by atoms with E-state index >= 15 is 0 Å². The zero-order valence-corrected chi connectivity index (χ0v) is 25.0. The number of benzene rings is 7. The molecule has 0 bridgehead atoms. The van der Waals surface area contributed by atoms with E-state index < -0.39 is 0 Å². The van der Waals surface area contributed by atoms with Gasteiger partial charge in [0.15, 0.2) is 0 Å². The van der Waals surface area contributed by atoms with Gasteiger partial charge in [-0.05, 0) is 95.9 Å². The van der Waals surface area contributed by atoms with Crippen LogP contribution in [0.4, 0.5) is 0 Å². The van der Waals surface area contributed by atoms with Crippen molar-refractivity contribution in [2.24, 2.45) is 0 Å². The summed E-state index contributed by atoms with van der Waals surface area (Å²) in [5.41, 5.74) is 13.4. The molecule has 0 aliphatic rings. The number of hydrogen-bond donors (Lipinski definition) is 0. The van der Waals surface area contributed by atoms with Gasteiger partial charge in [-0.1, -0.05) is 103 Å². The number of aromatic nitrogens is 2. The highest BCUT2D eigenvalue weighted by Gasteiger charge is 2.16. The number of hydrogen-bond acceptors (Lipinski definition) is 0. The molecule has 0 aliphatic carbocycles. The van der Waals surface area contributed by atoms with E-state index in [-0.39, 0.29) is 0 Å². The fourth-order valence-electron chi connectivity index (χ4n) is 7.06. The van der Waals surface area contributed by atoms with Crippen LogP contribution in [0.2, 0.25) is 0 Å². The van der Waals surface area contributed by atoms with Crippen LogP contribution in [0.25, 0.3) is 77.2 Å². The van der Waals surface area contributed by atoms with E-state index in [1.54, 1.807) is 0 Å². The molecular formula is C43H30N2. The molecule has 0 aliphatic heterocycles. The Kier molecular flexibility index (Phi) is 5.76. The highest BCUT2D eigenvalue weighted by molar-refractivity contribution is 6.12. The summed E-state index contributed by atoms with van der Waals surface area (Å²) in [5.74, 6) is 0. The topological polar surface area (TPSA) is 9.86 Å². The van der Waals surface area contributed by atoms with E-state index in [9.17, 15) is 0 Å². The Morgan fingerprint density at radius 2 is 0.800 bits per heavy atom. The second kappa shape index (κ2) is 10.1. The van der Waals surface area contributed by atoms with Gasteiger partial charge in [-0.25, -0.2) is 0 Å². The first-order chi connectivity index (χ1) is 22.2. The largest absolute Gasteiger partial charge is 0.309 e. The Morgan fingerprint density at radius 3 is 1.53 bits per heavy atom. The van der Waals surface area contributed by atoms with Crippen LogP contribution < -0.4 is 0 Å². The molecule has 9 rings (SSSR count). The van der Waals surface area contributed by atoms with Gasteiger partial charge in [0.05, 0.1) is 22.1 Å². The Hall–Kier alpha value is -5.86. The average Bonchev–Trinajstić information content (AvgIpc) is 3.61. The predicted octanol–water partition coefficient (Wildman–Crippen LogP) is 11.5. The SMILES string of the molecule is Cc1ccc2c(c1)c1cc(-c3ccc4c(c3)c3ccccc3n4-c3cccc(-c4ccccc4)c3)ccc1n2-c1ccccc1. The van der Waals surface area contributed by atoms with Crippen LogP contribution in [0.5, 0.6) is 0 Å². The van der Waals surface area contributed by atoms with Crippen molar-refractivity contribution in [3.63, 3.8) is 0 Å². The van der Waals surface area contributed by atoms with Gasteiger partial charge in [-0.2, -0.15) is 0 Å². The lowest BCUT2D eigenvalue weighted by atomic mass is 10.0. The lowest BCUT2D eigenvalue weighted by Crippen LogP contribution is -1.94. The summed E-state index contributed by atoms with van der Waals surface area (Å²) in [6.07, 6.45) is 0. The third kappa shape index (κ3) is 4.11. The molecule has 0 radical (unpaired) electrons. The average molecular weight is 575 g/mol. The van der Waals surface area contributed by atoms with Gasteiger partial charge in [0, 0.05) is 32.9 Å². The van der Waals surface area contributed by atoms with E-state index in [1.807, 2.05) is 0 Å². The molecule has 0 unspecified atom stereocenters. The minimum atomic E-state index is 1.17. The van der Waals surface area contributed by atoms with Crippen LogP contribution in [-0.4, -0.2) is 9.13 Å². The van der Waals surface area contributed by atoms with Crippen molar-refractivity contribution in [2.75, 3.05) is 0 Å². The number of rotatable bonds is 4. The maximum atomic E-state index is 2.40. The zero-order valence-electron chi connectivity index (χ0n) is 25.0. The summed E-state index contributed by atoms with van der Waals surface area (Å²) in [6, 6.07) is 59.6. The first kappa shape index (κ1) is 25.6. The molecule has 0 saturated carbocycles. The lowest BCUT2D eigenvalue weighted by Gasteiger charge is -2.11. The molecule has 2 heterocycles. The molecule has 2 heteroatoms. The number of fused-ring (bicyclic) bond motifs is 6. The molecular weight excluding hydrogens is 544 g/mol. The third-order valence-electron chi connectivity index (χ3n) is 9.15. The fourth-order valence-corrected chi connectivity index (χ4v) is 7.06. The molecule has 212 valence electrons. The quantitative estimate of drug-likeness (QED) is 0.198. The van der Waals surface area contributed by atoms with Gasteiger partial charge < -0.3 is 9.13 Å². The lowest BCUT2D eigenvalue weighted by molar-refractivity contribution is 1.18. The molecule has 0 fully saturated rings. The van der Waals surface area contributed by atoms with Crippen molar-refractivity contribution in [3.8, 4) is 33.6 Å². The smallest absolute Gasteiger partial charge is 0.0541 e. The maximum absolute atomic E-state index is 2.40. The summed E-state index contributed by atoms with van der Waals surface area (Å²) < 4.78 is 4.79. The number of nitrogens with zero attached hydrogens (tertiary/aromatic N) is 2. The first-order valence-electron chi connectivity index (χ1n) is 15.5. The molecule has 45 heavy (non-hydrogen) atoms. The molecule has 0 saturated heterocycles. The maximum Gasteiger partial charge on any atom is 0.0541 e. The molecule has 0 spiro atoms. The summed E-state index contributed by atoms with van der Waals surface area (Å²) in [7, 11) is 0. The first-order valence-corrected chi connectivity index (χ1v) is 15.5. The van der Waals surface area contributed by atoms with Gasteiger partial charge in [0.2, 0.25) is 0 Å². The Bertz CT molecular complexity index is 2530. The van der Waals surface area contributed by atoms with Crippen molar-refractivity contribution >= 4 is 43.6 Å². The van der Waals surface area contributed by atoms with E-state index in [1.165, 1.54) is 82.8 Å². The van der Waals surface area contributed by atoms with Crippen LogP contribution in [0.1, 0.15) is 5.56 Å². The van der Waals surface area contributed by atoms with Crippen LogP contribution in [-0.2, 0) is 0 Å². The Labute approximate surface area is 262 Å². The van der Waals surface area contributed by atoms with Crippen LogP contribution >= 0.6 is 0 Å². The standard InChI is InChI=1S/C43H30N2/c1-29-19-22-41-37(25-29)39-28-33(21-24-43(39)44(41)34-14-6-3-7-15-34)32-20-23-42-38(27-32)36-17-8-9-18-40(36)45(42)35-16-10-13-31(26-35)30-11-4-2-5-12-30/h2-28H,1H3. The van der Waals surface area contributed by atoms with Gasteiger partial charge >= 0.3 is 0 Å². The molecule has 9 aromatic rings. The molecule has 7 aromatic carbocycles. The summed E-state index contributed by atoms with van der Waals surface area (Å²) >= 11 is 0. The minimum Gasteiger partial charge on any atom is -0.309 e. The van der Waals surface area contributed by atoms with E-state index in [4.69, 9.17) is 0 Å². The second-order valence-electron chi connectivity index (χ2n) is 11.9. The molecule has 0 amide bonds. The monoisotopic (exact) mass is 574 g/mol. The van der Waals surface area contributed by atoms with Crippen molar-refractivity contribution < 1.29 is 0 Å². The molecule has 2 aromatic heterocycles. The van der Waals surface area contributed by atoms with Crippen molar-refractivity contribution in [1.82, 2.24) is 9.13 Å². The predicted molar refractivity (Wildman–Crippen MR) is 191 cm³/mol. The summed E-state index contributed by atoms with van der Waals surface area (Å²) in [6.45, 7) is 2.17. The highest BCUT2D eigenvalue weighted by atomic mass is 15.0. The Morgan fingerprint density at radius 1 is 0.311 bits per heavy atom. The summed E-state index contributed by atoms with van der Waals surface area (Å²) in [5, 5.41) is 5.08. The second-order valence-corrected chi connectivity index (χ2v) is 11.9. The Balaban J connectivity index is 1.23. The summed E-state index contributed by atoms with van der Waals surface area (Å²) in [4.78, 5) is 0. The van der Waals surface area contributed by atoms with Crippen LogP contribution in [0.3, 0.4) is 0 Å². The van der Waals surface area contributed by atoms with Crippen molar-refractivity contribution in [3.05, 3.63) is 169 Å². The van der Waals surface area contributed by atoms with Crippen molar-refractivity contribution in [2.45, 2.75) is 6.92 Å². The minimum absolute atomic E-state index is 1.17. The third-order valence-corrected chi connectivity index (χ3v) is 9.15. The molecule has 0 atom stereocenters. The van der Waals surface area contributed by atoms with Gasteiger partial charge in [0.1, 0.15) is 0 Å². The van der Waals surface area contributed by atoms with Crippen molar-refractivity contribution in [1.29, 1.82) is 0 Å². The fraction of sp³-hybridized carbons (Fsp3) is 0.0233. The number of aryl methyl sites for hydroxylation is 1. The van der Waals surface area contributed by atoms with Gasteiger partial charge in [-0.3, -0.25) is 0 Å². The number of para-hydroxylation sites is 2. The highest BCUT2D eigenvalue weighted by Crippen LogP contribution is 2.38. The zero-order chi connectivity index (χ0) is 29.9. The van der Waals surface area contributed by atoms with E-state index in [0.29, 0.717) is 0 Å². The van der Waals surface area contributed by atoms with Crippen LogP contribution in [0, 0.1) is 6.92 Å². The van der Waals surface area contributed by atoms with E-state index in [0.717, 1.165) is 0 Å². The molecule has 0 N–H and O–H groups in total. The normalized spacial score (nSPS) is 11.7. The van der Waals surface area contributed by atoms with Gasteiger partial charge in [-0.15, -0.1) is 0 Å². The van der Waals surface area contributed by atoms with E-state index in [2.05, 4.69) is 180 Å².